The molecule has 1 aliphatic rings. The number of ether oxygens (including phenoxy) is 1. The van der Waals surface area contributed by atoms with Crippen molar-refractivity contribution in [1.29, 1.82) is 0 Å². The summed E-state index contributed by atoms with van der Waals surface area (Å²) < 4.78 is 103. The minimum absolute atomic E-state index is 0.0447. The average molecular weight is 592 g/mol. The lowest BCUT2D eigenvalue weighted by molar-refractivity contribution is -0.137. The highest BCUT2D eigenvalue weighted by molar-refractivity contribution is 6.31. The van der Waals surface area contributed by atoms with E-state index in [2.05, 4.69) is 10.6 Å². The first-order chi connectivity index (χ1) is 18.6. The molecule has 5 N–H and O–H groups in total. The second-order valence-electron chi connectivity index (χ2n) is 8.55. The molecule has 1 atom stereocenters. The number of rotatable bonds is 7. The minimum Gasteiger partial charge on any atom is -0.494 e. The largest absolute Gasteiger partial charge is 0.494 e. The number of primary amides is 1. The minimum atomic E-state index is -5.34. The van der Waals surface area contributed by atoms with Gasteiger partial charge in [-0.05, 0) is 42.0 Å². The van der Waals surface area contributed by atoms with Crippen LogP contribution in [-0.4, -0.2) is 37.0 Å². The van der Waals surface area contributed by atoms with Crippen molar-refractivity contribution in [1.82, 2.24) is 5.32 Å². The van der Waals surface area contributed by atoms with Gasteiger partial charge in [0.1, 0.15) is 11.6 Å². The first-order valence-electron chi connectivity index (χ1n) is 11.1. The third kappa shape index (κ3) is 4.88. The Bertz CT molecular complexity index is 1550. The van der Waals surface area contributed by atoms with E-state index >= 15 is 0 Å². The maximum atomic E-state index is 14.3. The van der Waals surface area contributed by atoms with Crippen LogP contribution in [0.5, 0.6) is 5.75 Å². The Kier molecular flexibility index (Phi) is 7.36. The van der Waals surface area contributed by atoms with Crippen LogP contribution < -0.4 is 21.1 Å². The molecule has 0 radical (unpaired) electrons. The van der Waals surface area contributed by atoms with Crippen LogP contribution in [0.25, 0.3) is 11.1 Å². The molecule has 40 heavy (non-hydrogen) atoms. The number of nitrogens with one attached hydrogen (secondary N) is 2. The number of amides is 2. The van der Waals surface area contributed by atoms with Gasteiger partial charge in [0, 0.05) is 21.7 Å². The van der Waals surface area contributed by atoms with E-state index in [1.165, 1.54) is 0 Å². The number of aliphatic hydroxyl groups is 1. The molecule has 4 rings (SSSR count). The van der Waals surface area contributed by atoms with Gasteiger partial charge in [-0.1, -0.05) is 11.6 Å². The van der Waals surface area contributed by atoms with Gasteiger partial charge in [-0.15, -0.1) is 0 Å². The van der Waals surface area contributed by atoms with Crippen LogP contribution in [0.15, 0.2) is 36.4 Å². The third-order valence-corrected chi connectivity index (χ3v) is 6.41. The Balaban J connectivity index is 2.25. The number of alkyl halides is 5. The van der Waals surface area contributed by atoms with Gasteiger partial charge in [-0.25, -0.2) is 17.6 Å². The summed E-state index contributed by atoms with van der Waals surface area (Å²) in [4.78, 5) is 25.5. The molecule has 1 aliphatic heterocycles. The van der Waals surface area contributed by atoms with Crippen molar-refractivity contribution < 1.29 is 50.2 Å². The van der Waals surface area contributed by atoms with Crippen molar-refractivity contribution >= 4 is 29.1 Å². The number of anilines is 1. The average Bonchev–Trinajstić information content (AvgIpc) is 3.13. The number of benzene rings is 3. The Morgan fingerprint density at radius 3 is 2.40 bits per heavy atom. The summed E-state index contributed by atoms with van der Waals surface area (Å²) in [7, 11) is 1.01. The third-order valence-electron chi connectivity index (χ3n) is 6.08. The van der Waals surface area contributed by atoms with Gasteiger partial charge >= 0.3 is 6.18 Å². The predicted octanol–water partition coefficient (Wildman–Crippen LogP) is 5.03. The van der Waals surface area contributed by atoms with Crippen molar-refractivity contribution in [3.8, 4) is 16.9 Å². The number of carbonyl (C=O) groups is 2. The van der Waals surface area contributed by atoms with E-state index < -0.39 is 98.7 Å². The molecule has 2 amide bonds. The van der Waals surface area contributed by atoms with E-state index in [4.69, 9.17) is 22.1 Å². The lowest BCUT2D eigenvalue weighted by Gasteiger charge is -2.29. The summed E-state index contributed by atoms with van der Waals surface area (Å²) in [5.74, 6) is -5.67. The summed E-state index contributed by atoms with van der Waals surface area (Å²) in [5.41, 5.74) is -4.56. The fourth-order valence-corrected chi connectivity index (χ4v) is 4.82. The molecule has 15 heteroatoms. The fraction of sp³-hybridized carbons (Fsp3) is 0.200. The van der Waals surface area contributed by atoms with E-state index in [9.17, 15) is 45.4 Å². The summed E-state index contributed by atoms with van der Waals surface area (Å²) in [6, 6.07) is 3.82. The molecule has 0 aromatic heterocycles. The van der Waals surface area contributed by atoms with Crippen LogP contribution >= 0.6 is 11.6 Å². The molecule has 0 fully saturated rings. The van der Waals surface area contributed by atoms with Gasteiger partial charge in [-0.2, -0.15) is 13.2 Å². The van der Waals surface area contributed by atoms with Crippen LogP contribution in [-0.2, 0) is 11.9 Å². The zero-order valence-corrected chi connectivity index (χ0v) is 20.8. The molecule has 0 saturated heterocycles. The first-order valence-corrected chi connectivity index (χ1v) is 11.5. The summed E-state index contributed by atoms with van der Waals surface area (Å²) in [6.07, 6.45) is -8.31. The summed E-state index contributed by atoms with van der Waals surface area (Å²) in [5, 5.41) is 15.8. The summed E-state index contributed by atoms with van der Waals surface area (Å²) >= 11 is 6.17. The van der Waals surface area contributed by atoms with E-state index in [0.717, 1.165) is 25.3 Å². The van der Waals surface area contributed by atoms with Crippen molar-refractivity contribution in [2.45, 2.75) is 18.3 Å². The van der Waals surface area contributed by atoms with Crippen LogP contribution in [0.4, 0.5) is 36.4 Å². The molecule has 3 aromatic carbocycles. The van der Waals surface area contributed by atoms with Gasteiger partial charge in [0.25, 0.3) is 12.3 Å². The maximum Gasteiger partial charge on any atom is 0.417 e. The molecule has 1 unspecified atom stereocenters. The highest BCUT2D eigenvalue weighted by atomic mass is 35.5. The van der Waals surface area contributed by atoms with E-state index in [0.29, 0.717) is 12.1 Å². The standard InChI is InChI=1S/C25H17ClF7N3O4/c1-40-21-16(35-8-17(29)30)7-11(18-12(22(34)37)4-10(28)6-14(18)25(31,32)33)20-19(21)23(38)36-24(20,39)13-5-9(27)2-3-15(13)26/h2-7,17,35,39H,8H2,1H3,(H2,34,37)(H,36,38). The van der Waals surface area contributed by atoms with Gasteiger partial charge in [0.2, 0.25) is 5.91 Å². The van der Waals surface area contributed by atoms with E-state index in [1.54, 1.807) is 0 Å². The van der Waals surface area contributed by atoms with Crippen molar-refractivity contribution in [2.24, 2.45) is 5.73 Å². The molecule has 0 saturated carbocycles. The molecular weight excluding hydrogens is 575 g/mol. The Labute approximate surface area is 225 Å². The topological polar surface area (TPSA) is 114 Å². The Morgan fingerprint density at radius 1 is 1.15 bits per heavy atom. The number of methoxy groups -OCH3 is 1. The number of hydrogen-bond donors (Lipinski definition) is 4. The number of nitrogens with two attached hydrogens (primary N) is 1. The molecular formula is C25H17ClF7N3O4. The summed E-state index contributed by atoms with van der Waals surface area (Å²) in [6.45, 7) is -1.06. The molecule has 212 valence electrons. The van der Waals surface area contributed by atoms with Gasteiger partial charge in [0.15, 0.2) is 11.5 Å². The molecule has 3 aromatic rings. The number of hydrogen-bond acceptors (Lipinski definition) is 5. The van der Waals surface area contributed by atoms with Gasteiger partial charge < -0.3 is 26.2 Å². The van der Waals surface area contributed by atoms with Crippen molar-refractivity contribution in [2.75, 3.05) is 19.0 Å². The SMILES string of the molecule is COc1c(NCC(F)F)cc(-c2c(C(N)=O)cc(F)cc2C(F)(F)F)c2c1C(=O)NC2(O)c1cc(F)ccc1Cl. The molecule has 7 nitrogen and oxygen atoms in total. The van der Waals surface area contributed by atoms with Gasteiger partial charge in [-0.3, -0.25) is 9.59 Å². The maximum absolute atomic E-state index is 14.3. The number of carbonyl (C=O) groups excluding carboxylic acids is 2. The predicted molar refractivity (Wildman–Crippen MR) is 128 cm³/mol. The second kappa shape index (κ2) is 10.2. The normalized spacial score (nSPS) is 16.6. The molecule has 0 spiro atoms. The lowest BCUT2D eigenvalue weighted by atomic mass is 9.83. The zero-order valence-electron chi connectivity index (χ0n) is 20.0. The van der Waals surface area contributed by atoms with E-state index in [-0.39, 0.29) is 11.1 Å². The quantitative estimate of drug-likeness (QED) is 0.288. The van der Waals surface area contributed by atoms with Crippen LogP contribution in [0.1, 0.15) is 37.4 Å². The zero-order chi connectivity index (χ0) is 29.7. The van der Waals surface area contributed by atoms with Crippen molar-refractivity contribution in [3.05, 3.63) is 80.9 Å². The fourth-order valence-electron chi connectivity index (χ4n) is 4.57. The van der Waals surface area contributed by atoms with Crippen LogP contribution in [0.3, 0.4) is 0 Å². The number of halogens is 8. The highest BCUT2D eigenvalue weighted by Crippen LogP contribution is 2.52. The first kappa shape index (κ1) is 29.0. The molecule has 1 heterocycles. The smallest absolute Gasteiger partial charge is 0.417 e. The Morgan fingerprint density at radius 2 is 1.82 bits per heavy atom. The lowest BCUT2D eigenvalue weighted by Crippen LogP contribution is -2.41. The molecule has 0 aliphatic carbocycles. The van der Waals surface area contributed by atoms with Crippen molar-refractivity contribution in [3.63, 3.8) is 0 Å². The monoisotopic (exact) mass is 591 g/mol. The second-order valence-corrected chi connectivity index (χ2v) is 8.96. The van der Waals surface area contributed by atoms with Gasteiger partial charge in [0.05, 0.1) is 36.0 Å². The van der Waals surface area contributed by atoms with E-state index in [1.807, 2.05) is 0 Å². The Hall–Kier alpha value is -4.04. The van der Waals surface area contributed by atoms with Crippen LogP contribution in [0.2, 0.25) is 5.02 Å². The highest BCUT2D eigenvalue weighted by Gasteiger charge is 2.50. The van der Waals surface area contributed by atoms with Crippen LogP contribution in [0, 0.1) is 11.6 Å². The number of fused-ring (bicyclic) bond motifs is 1. The molecule has 0 bridgehead atoms.